The van der Waals surface area contributed by atoms with Crippen molar-refractivity contribution in [3.63, 3.8) is 0 Å². The molecule has 0 saturated carbocycles. The molecule has 3 aromatic rings. The van der Waals surface area contributed by atoms with Gasteiger partial charge < -0.3 is 19.7 Å². The van der Waals surface area contributed by atoms with Crippen LogP contribution in [0.15, 0.2) is 41.3 Å². The smallest absolute Gasteiger partial charge is 0.433 e. The van der Waals surface area contributed by atoms with Crippen molar-refractivity contribution < 1.29 is 36.2 Å². The number of hydrogen-bond acceptors (Lipinski definition) is 7. The maximum atomic E-state index is 14.6. The molecule has 36 heavy (non-hydrogen) atoms. The number of ether oxygens (including phenoxy) is 2. The zero-order valence-corrected chi connectivity index (χ0v) is 18.2. The van der Waals surface area contributed by atoms with Crippen LogP contribution in [0.2, 0.25) is 0 Å². The van der Waals surface area contributed by atoms with E-state index in [0.717, 1.165) is 24.4 Å². The van der Waals surface area contributed by atoms with Gasteiger partial charge in [-0.25, -0.2) is 13.6 Å². The molecular formula is C22H16F5N5O4. The Morgan fingerprint density at radius 3 is 2.58 bits per heavy atom. The molecule has 14 heteroatoms. The second-order valence-corrected chi connectivity index (χ2v) is 8.09. The number of carbonyl (C=O) groups is 1. The highest BCUT2D eigenvalue weighted by Gasteiger charge is 2.36. The van der Waals surface area contributed by atoms with Gasteiger partial charge in [-0.1, -0.05) is 0 Å². The Balaban J connectivity index is 1.32. The first-order chi connectivity index (χ1) is 17.1. The molecule has 1 saturated heterocycles. The molecule has 1 atom stereocenters. The van der Waals surface area contributed by atoms with E-state index in [-0.39, 0.29) is 36.5 Å². The first-order valence-electron chi connectivity index (χ1n) is 10.6. The number of alkyl halides is 3. The molecule has 2 aliphatic rings. The summed E-state index contributed by atoms with van der Waals surface area (Å²) in [5, 5.41) is 2.73. The molecule has 1 fully saturated rings. The fraction of sp³-hybridized carbons (Fsp3) is 0.273. The van der Waals surface area contributed by atoms with Crippen LogP contribution >= 0.6 is 0 Å². The number of rotatable bonds is 5. The highest BCUT2D eigenvalue weighted by molar-refractivity contribution is 5.83. The molecular weight excluding hydrogens is 493 g/mol. The third-order valence-corrected chi connectivity index (χ3v) is 5.63. The van der Waals surface area contributed by atoms with Crippen molar-refractivity contribution in [2.75, 3.05) is 18.0 Å². The molecule has 1 N–H and O–H groups in total. The van der Waals surface area contributed by atoms with Crippen molar-refractivity contribution >= 4 is 11.7 Å². The first-order valence-corrected chi connectivity index (χ1v) is 10.6. The van der Waals surface area contributed by atoms with E-state index in [1.54, 1.807) is 4.90 Å². The summed E-state index contributed by atoms with van der Waals surface area (Å²) < 4.78 is 79.4. The number of carbonyl (C=O) groups excluding carboxylic acids is 1. The van der Waals surface area contributed by atoms with Gasteiger partial charge in [0.1, 0.15) is 23.9 Å². The number of nitrogens with zero attached hydrogens (tertiary/aromatic N) is 4. The number of piperazine rings is 1. The van der Waals surface area contributed by atoms with Crippen LogP contribution in [0.5, 0.6) is 17.4 Å². The number of benzene rings is 1. The minimum atomic E-state index is -4.76. The highest BCUT2D eigenvalue weighted by Crippen LogP contribution is 2.33. The first kappa shape index (κ1) is 23.5. The molecule has 4 heterocycles. The summed E-state index contributed by atoms with van der Waals surface area (Å²) in [4.78, 5) is 32.9. The van der Waals surface area contributed by atoms with Crippen LogP contribution in [-0.4, -0.2) is 39.6 Å². The van der Waals surface area contributed by atoms with Gasteiger partial charge in [0.05, 0.1) is 19.1 Å². The van der Waals surface area contributed by atoms with E-state index in [1.165, 1.54) is 10.6 Å². The van der Waals surface area contributed by atoms with Crippen molar-refractivity contribution in [3.8, 4) is 17.4 Å². The Labute approximate surface area is 199 Å². The highest BCUT2D eigenvalue weighted by atomic mass is 19.4. The molecule has 0 bridgehead atoms. The van der Waals surface area contributed by atoms with E-state index in [4.69, 9.17) is 9.47 Å². The van der Waals surface area contributed by atoms with Crippen LogP contribution in [0.3, 0.4) is 0 Å². The van der Waals surface area contributed by atoms with E-state index in [9.17, 15) is 31.5 Å². The van der Waals surface area contributed by atoms with Gasteiger partial charge in [0, 0.05) is 24.9 Å². The van der Waals surface area contributed by atoms with Crippen molar-refractivity contribution in [1.29, 1.82) is 0 Å². The van der Waals surface area contributed by atoms with Gasteiger partial charge in [-0.2, -0.15) is 18.2 Å². The normalized spacial score (nSPS) is 16.9. The Bertz CT molecular complexity index is 1390. The van der Waals surface area contributed by atoms with Crippen LogP contribution in [0, 0.1) is 11.6 Å². The van der Waals surface area contributed by atoms with Gasteiger partial charge in [-0.15, -0.1) is 0 Å². The number of hydrogen-bond donors (Lipinski definition) is 1. The van der Waals surface area contributed by atoms with Crippen LogP contribution in [0.25, 0.3) is 0 Å². The minimum absolute atomic E-state index is 0.0145. The summed E-state index contributed by atoms with van der Waals surface area (Å²) in [6.07, 6.45) is -3.95. The molecule has 2 aromatic heterocycles. The van der Waals surface area contributed by atoms with Crippen molar-refractivity contribution in [2.45, 2.75) is 25.4 Å². The molecule has 0 radical (unpaired) electrons. The van der Waals surface area contributed by atoms with Crippen LogP contribution in [0.4, 0.5) is 27.8 Å². The lowest BCUT2D eigenvalue weighted by Crippen LogP contribution is -2.52. The Hall–Kier alpha value is -4.23. The average molecular weight is 509 g/mol. The number of pyridine rings is 1. The Morgan fingerprint density at radius 2 is 1.86 bits per heavy atom. The number of nitrogens with one attached hydrogen (secondary N) is 1. The Kier molecular flexibility index (Phi) is 5.73. The predicted molar refractivity (Wildman–Crippen MR) is 113 cm³/mol. The maximum Gasteiger partial charge on any atom is 0.433 e. The number of halogens is 5. The summed E-state index contributed by atoms with van der Waals surface area (Å²) in [5.41, 5.74) is -1.86. The number of amides is 1. The maximum absolute atomic E-state index is 14.6. The number of anilines is 1. The van der Waals surface area contributed by atoms with Crippen LogP contribution in [-0.2, 0) is 24.1 Å². The second kappa shape index (κ2) is 8.77. The largest absolute Gasteiger partial charge is 0.473 e. The molecule has 188 valence electrons. The SMILES string of the molecule is O=C1CN2c3cc(OCc4cc(F)c(Oc5ccnc(C(F)(F)F)c5)c(F)c4)nc(=O)n3CC2CN1. The molecule has 2 aliphatic heterocycles. The predicted octanol–water partition coefficient (Wildman–Crippen LogP) is 2.62. The monoisotopic (exact) mass is 509 g/mol. The van der Waals surface area contributed by atoms with Gasteiger partial charge in [0.2, 0.25) is 11.8 Å². The van der Waals surface area contributed by atoms with E-state index < -0.39 is 40.7 Å². The van der Waals surface area contributed by atoms with Gasteiger partial charge in [0.15, 0.2) is 17.4 Å². The molecule has 1 unspecified atom stereocenters. The zero-order valence-electron chi connectivity index (χ0n) is 18.2. The van der Waals surface area contributed by atoms with E-state index in [2.05, 4.69) is 15.3 Å². The topological polar surface area (TPSA) is 98.6 Å². The lowest BCUT2D eigenvalue weighted by Gasteiger charge is -2.30. The summed E-state index contributed by atoms with van der Waals surface area (Å²) in [5.74, 6) is -3.56. The molecule has 0 spiro atoms. The summed E-state index contributed by atoms with van der Waals surface area (Å²) >= 11 is 0. The van der Waals surface area contributed by atoms with Gasteiger partial charge in [-0.3, -0.25) is 14.3 Å². The van der Waals surface area contributed by atoms with E-state index >= 15 is 0 Å². The quantitative estimate of drug-likeness (QED) is 0.528. The lowest BCUT2D eigenvalue weighted by atomic mass is 10.2. The molecule has 9 nitrogen and oxygen atoms in total. The third kappa shape index (κ3) is 4.53. The van der Waals surface area contributed by atoms with Gasteiger partial charge in [-0.05, 0) is 23.8 Å². The number of fused-ring (bicyclic) bond motifs is 3. The third-order valence-electron chi connectivity index (χ3n) is 5.63. The standard InChI is InChI=1S/C22H16F5N5O4/c23-14-3-11(4-15(24)20(14)36-13-1-2-28-16(5-13)22(25,26)27)10-35-18-6-19-31-9-17(33)29-7-12(31)8-32(19)21(34)30-18/h1-6,12H,7-10H2,(H,29,33). The fourth-order valence-corrected chi connectivity index (χ4v) is 3.98. The minimum Gasteiger partial charge on any atom is -0.473 e. The second-order valence-electron chi connectivity index (χ2n) is 8.09. The zero-order chi connectivity index (χ0) is 25.6. The van der Waals surface area contributed by atoms with Crippen molar-refractivity contribution in [3.05, 3.63) is 69.9 Å². The Morgan fingerprint density at radius 1 is 1.11 bits per heavy atom. The summed E-state index contributed by atoms with van der Waals surface area (Å²) in [7, 11) is 0. The average Bonchev–Trinajstić information content (AvgIpc) is 3.18. The van der Waals surface area contributed by atoms with Gasteiger partial charge in [0.25, 0.3) is 0 Å². The van der Waals surface area contributed by atoms with E-state index in [1.807, 2.05) is 0 Å². The summed E-state index contributed by atoms with van der Waals surface area (Å²) in [6.45, 7) is 0.413. The molecule has 0 aliphatic carbocycles. The van der Waals surface area contributed by atoms with E-state index in [0.29, 0.717) is 25.0 Å². The molecule has 1 aromatic carbocycles. The van der Waals surface area contributed by atoms with Crippen molar-refractivity contribution in [2.24, 2.45) is 0 Å². The lowest BCUT2D eigenvalue weighted by molar-refractivity contribution is -0.141. The molecule has 1 amide bonds. The molecule has 5 rings (SSSR count). The van der Waals surface area contributed by atoms with Crippen LogP contribution in [0.1, 0.15) is 11.3 Å². The number of aromatic nitrogens is 3. The van der Waals surface area contributed by atoms with Gasteiger partial charge >= 0.3 is 11.9 Å². The fourth-order valence-electron chi connectivity index (χ4n) is 3.98. The van der Waals surface area contributed by atoms with Crippen LogP contribution < -0.4 is 25.4 Å². The summed E-state index contributed by atoms with van der Waals surface area (Å²) in [6, 6.07) is 4.68. The van der Waals surface area contributed by atoms with Crippen molar-refractivity contribution in [1.82, 2.24) is 19.9 Å².